The second-order valence-electron chi connectivity index (χ2n) is 7.07. The normalized spacial score (nSPS) is 19.6. The highest BCUT2D eigenvalue weighted by Crippen LogP contribution is 2.28. The molecule has 1 saturated carbocycles. The summed E-state index contributed by atoms with van der Waals surface area (Å²) in [4.78, 5) is 16.9. The number of hydrogen-bond donors (Lipinski definition) is 1. The maximum Gasteiger partial charge on any atom is 0.234 e. The van der Waals surface area contributed by atoms with E-state index >= 15 is 0 Å². The topological polar surface area (TPSA) is 44.8 Å². The number of nitrogens with one attached hydrogen (secondary N) is 1. The quantitative estimate of drug-likeness (QED) is 0.861. The molecule has 1 N–H and O–H groups in total. The standard InChI is InChI=1S/C20H31N3O2/c1-2-25-19-11-7-6-10-18(19)23-14-12-22(13-15-23)16-20(24)21-17-8-4-3-5-9-17/h6-7,10-11,17H,2-5,8-9,12-16H2,1H3,(H,21,24). The highest BCUT2D eigenvalue weighted by atomic mass is 16.5. The van der Waals surface area contributed by atoms with E-state index in [-0.39, 0.29) is 5.91 Å². The van der Waals surface area contributed by atoms with E-state index in [1.165, 1.54) is 19.3 Å². The van der Waals surface area contributed by atoms with Gasteiger partial charge in [-0.25, -0.2) is 0 Å². The van der Waals surface area contributed by atoms with Crippen LogP contribution in [0.5, 0.6) is 5.75 Å². The Morgan fingerprint density at radius 1 is 1.12 bits per heavy atom. The first-order valence-corrected chi connectivity index (χ1v) is 9.74. The molecular weight excluding hydrogens is 314 g/mol. The fourth-order valence-electron chi connectivity index (χ4n) is 3.87. The average Bonchev–Trinajstić information content (AvgIpc) is 2.64. The van der Waals surface area contributed by atoms with E-state index < -0.39 is 0 Å². The lowest BCUT2D eigenvalue weighted by Gasteiger charge is -2.36. The van der Waals surface area contributed by atoms with E-state index in [1.54, 1.807) is 0 Å². The Hall–Kier alpha value is -1.75. The second kappa shape index (κ2) is 9.09. The maximum absolute atomic E-state index is 12.3. The molecule has 1 aromatic rings. The molecule has 0 aromatic heterocycles. The Morgan fingerprint density at radius 3 is 2.56 bits per heavy atom. The predicted molar refractivity (Wildman–Crippen MR) is 101 cm³/mol. The van der Waals surface area contributed by atoms with E-state index in [2.05, 4.69) is 27.2 Å². The van der Waals surface area contributed by atoms with Crippen molar-refractivity contribution in [2.45, 2.75) is 45.1 Å². The van der Waals surface area contributed by atoms with Gasteiger partial charge in [0.15, 0.2) is 0 Å². The van der Waals surface area contributed by atoms with Crippen LogP contribution >= 0.6 is 0 Å². The van der Waals surface area contributed by atoms with Crippen LogP contribution in [0.25, 0.3) is 0 Å². The molecule has 0 atom stereocenters. The number of piperazine rings is 1. The molecule has 138 valence electrons. The first kappa shape index (κ1) is 18.1. The number of amides is 1. The molecule has 3 rings (SSSR count). The Morgan fingerprint density at radius 2 is 1.84 bits per heavy atom. The average molecular weight is 345 g/mol. The Kier molecular flexibility index (Phi) is 6.56. The first-order chi connectivity index (χ1) is 12.3. The van der Waals surface area contributed by atoms with Crippen molar-refractivity contribution in [3.63, 3.8) is 0 Å². The lowest BCUT2D eigenvalue weighted by molar-refractivity contribution is -0.123. The van der Waals surface area contributed by atoms with Crippen LogP contribution in [0.3, 0.4) is 0 Å². The molecule has 25 heavy (non-hydrogen) atoms. The van der Waals surface area contributed by atoms with E-state index in [9.17, 15) is 4.79 Å². The molecule has 1 heterocycles. The van der Waals surface area contributed by atoms with E-state index in [1.807, 2.05) is 19.1 Å². The molecule has 1 aromatic carbocycles. The van der Waals surface area contributed by atoms with Crippen LogP contribution in [0.2, 0.25) is 0 Å². The van der Waals surface area contributed by atoms with Gasteiger partial charge < -0.3 is 15.0 Å². The predicted octanol–water partition coefficient (Wildman–Crippen LogP) is 2.66. The minimum atomic E-state index is 0.190. The van der Waals surface area contributed by atoms with Gasteiger partial charge in [0, 0.05) is 32.2 Å². The summed E-state index contributed by atoms with van der Waals surface area (Å²) in [5.41, 5.74) is 1.16. The number of carbonyl (C=O) groups excluding carboxylic acids is 1. The first-order valence-electron chi connectivity index (χ1n) is 9.74. The van der Waals surface area contributed by atoms with Gasteiger partial charge in [-0.2, -0.15) is 0 Å². The fraction of sp³-hybridized carbons (Fsp3) is 0.650. The third-order valence-corrected chi connectivity index (χ3v) is 5.22. The summed E-state index contributed by atoms with van der Waals surface area (Å²) in [6.45, 7) is 6.91. The zero-order valence-electron chi connectivity index (χ0n) is 15.4. The number of hydrogen-bond acceptors (Lipinski definition) is 4. The molecule has 0 spiro atoms. The number of ether oxygens (including phenoxy) is 1. The van der Waals surface area contributed by atoms with Crippen LogP contribution in [0, 0.1) is 0 Å². The molecule has 0 unspecified atom stereocenters. The summed E-state index contributed by atoms with van der Waals surface area (Å²) in [6.07, 6.45) is 6.12. The zero-order chi connectivity index (χ0) is 17.5. The van der Waals surface area contributed by atoms with Crippen molar-refractivity contribution < 1.29 is 9.53 Å². The Balaban J connectivity index is 1.46. The smallest absolute Gasteiger partial charge is 0.234 e. The molecule has 5 nitrogen and oxygen atoms in total. The lowest BCUT2D eigenvalue weighted by atomic mass is 9.95. The van der Waals surface area contributed by atoms with Crippen molar-refractivity contribution in [1.29, 1.82) is 0 Å². The van der Waals surface area contributed by atoms with Crippen LogP contribution in [-0.4, -0.2) is 56.2 Å². The highest BCUT2D eigenvalue weighted by Gasteiger charge is 2.22. The van der Waals surface area contributed by atoms with Gasteiger partial charge in [0.25, 0.3) is 0 Å². The molecule has 2 aliphatic rings. The third-order valence-electron chi connectivity index (χ3n) is 5.22. The van der Waals surface area contributed by atoms with Crippen molar-refractivity contribution in [2.24, 2.45) is 0 Å². The van der Waals surface area contributed by atoms with Gasteiger partial charge in [-0.3, -0.25) is 9.69 Å². The zero-order valence-corrected chi connectivity index (χ0v) is 15.4. The number of anilines is 1. The number of nitrogens with zero attached hydrogens (tertiary/aromatic N) is 2. The molecule has 5 heteroatoms. The van der Waals surface area contributed by atoms with E-state index in [0.29, 0.717) is 19.2 Å². The van der Waals surface area contributed by atoms with Crippen molar-refractivity contribution in [3.8, 4) is 5.75 Å². The monoisotopic (exact) mass is 345 g/mol. The van der Waals surface area contributed by atoms with Crippen molar-refractivity contribution in [1.82, 2.24) is 10.2 Å². The van der Waals surface area contributed by atoms with Crippen LogP contribution in [-0.2, 0) is 4.79 Å². The Labute approximate surface area is 151 Å². The van der Waals surface area contributed by atoms with Crippen molar-refractivity contribution in [3.05, 3.63) is 24.3 Å². The molecule has 1 aliphatic heterocycles. The molecule has 1 amide bonds. The van der Waals surface area contributed by atoms with Crippen LogP contribution in [0.1, 0.15) is 39.0 Å². The fourth-order valence-corrected chi connectivity index (χ4v) is 3.87. The molecule has 1 saturated heterocycles. The summed E-state index contributed by atoms with van der Waals surface area (Å²) in [7, 11) is 0. The summed E-state index contributed by atoms with van der Waals surface area (Å²) < 4.78 is 5.75. The molecule has 0 bridgehead atoms. The molecule has 1 aliphatic carbocycles. The number of benzene rings is 1. The van der Waals surface area contributed by atoms with Gasteiger partial charge in [-0.05, 0) is 31.9 Å². The number of rotatable bonds is 6. The summed E-state index contributed by atoms with van der Waals surface area (Å²) in [6, 6.07) is 8.63. The van der Waals surface area contributed by atoms with Gasteiger partial charge in [0.2, 0.25) is 5.91 Å². The summed E-state index contributed by atoms with van der Waals surface area (Å²) in [5, 5.41) is 3.22. The van der Waals surface area contributed by atoms with Crippen molar-refractivity contribution in [2.75, 3.05) is 44.2 Å². The summed E-state index contributed by atoms with van der Waals surface area (Å²) in [5.74, 6) is 1.14. The van der Waals surface area contributed by atoms with Gasteiger partial charge in [0.05, 0.1) is 18.8 Å². The lowest BCUT2D eigenvalue weighted by Crippen LogP contribution is -2.50. The Bertz CT molecular complexity index is 550. The summed E-state index contributed by atoms with van der Waals surface area (Å²) >= 11 is 0. The number of para-hydroxylation sites is 2. The third kappa shape index (κ3) is 5.11. The van der Waals surface area contributed by atoms with Crippen LogP contribution in [0.4, 0.5) is 5.69 Å². The highest BCUT2D eigenvalue weighted by molar-refractivity contribution is 5.78. The van der Waals surface area contributed by atoms with Gasteiger partial charge in [-0.1, -0.05) is 31.4 Å². The van der Waals surface area contributed by atoms with Gasteiger partial charge in [-0.15, -0.1) is 0 Å². The maximum atomic E-state index is 12.3. The molecule has 2 fully saturated rings. The van der Waals surface area contributed by atoms with Gasteiger partial charge >= 0.3 is 0 Å². The molecule has 0 radical (unpaired) electrons. The molecular formula is C20H31N3O2. The van der Waals surface area contributed by atoms with Crippen molar-refractivity contribution >= 4 is 11.6 Å². The number of carbonyl (C=O) groups is 1. The SMILES string of the molecule is CCOc1ccccc1N1CCN(CC(=O)NC2CCCCC2)CC1. The second-order valence-corrected chi connectivity index (χ2v) is 7.07. The van der Waals surface area contributed by atoms with E-state index in [0.717, 1.165) is 50.5 Å². The van der Waals surface area contributed by atoms with Crippen LogP contribution < -0.4 is 15.0 Å². The minimum absolute atomic E-state index is 0.190. The van der Waals surface area contributed by atoms with E-state index in [4.69, 9.17) is 4.74 Å². The van der Waals surface area contributed by atoms with Crippen LogP contribution in [0.15, 0.2) is 24.3 Å². The largest absolute Gasteiger partial charge is 0.492 e. The van der Waals surface area contributed by atoms with Gasteiger partial charge in [0.1, 0.15) is 5.75 Å². The minimum Gasteiger partial charge on any atom is -0.492 e.